The minimum Gasteiger partial charge on any atom is -0.351 e. The van der Waals surface area contributed by atoms with Crippen LogP contribution < -0.4 is 5.32 Å². The number of amides is 1. The van der Waals surface area contributed by atoms with E-state index in [0.29, 0.717) is 17.6 Å². The maximum atomic E-state index is 13.1. The minimum absolute atomic E-state index is 0.168. The Balaban J connectivity index is 1.66. The molecule has 102 valence electrons. The summed E-state index contributed by atoms with van der Waals surface area (Å²) in [5.74, 6) is -0.473. The second-order valence-electron chi connectivity index (χ2n) is 4.50. The number of H-pyrrole nitrogens is 1. The van der Waals surface area contributed by atoms with E-state index in [1.165, 1.54) is 17.0 Å². The van der Waals surface area contributed by atoms with Crippen molar-refractivity contribution >= 4 is 28.1 Å². The number of nitrogens with one attached hydrogen (secondary N) is 2. The Hall–Kier alpha value is -2.14. The molecule has 3 aromatic rings. The molecule has 0 bridgehead atoms. The second kappa shape index (κ2) is 5.46. The molecule has 20 heavy (non-hydrogen) atoms. The lowest BCUT2D eigenvalue weighted by Gasteiger charge is -2.01. The molecule has 0 aliphatic carbocycles. The molecule has 0 atom stereocenters. The normalized spacial score (nSPS) is 10.8. The highest BCUT2D eigenvalue weighted by molar-refractivity contribution is 7.09. The standard InChI is InChI=1S/C15H13FN2OS/c16-11-3-4-13-10(8-11)9-14(18-13)15(19)17-6-5-12-2-1-7-20-12/h1-4,7-9,18H,5-6H2,(H,17,19). The first-order chi connectivity index (χ1) is 9.72. The van der Waals surface area contributed by atoms with Gasteiger partial charge < -0.3 is 10.3 Å². The van der Waals surface area contributed by atoms with Crippen molar-refractivity contribution in [2.24, 2.45) is 0 Å². The number of benzene rings is 1. The predicted molar refractivity (Wildman–Crippen MR) is 78.6 cm³/mol. The SMILES string of the molecule is O=C(NCCc1cccs1)c1cc2cc(F)ccc2[nH]1. The van der Waals surface area contributed by atoms with Crippen molar-refractivity contribution in [3.05, 3.63) is 58.2 Å². The Morgan fingerprint density at radius 2 is 2.20 bits per heavy atom. The molecule has 0 saturated heterocycles. The lowest BCUT2D eigenvalue weighted by molar-refractivity contribution is 0.0950. The van der Waals surface area contributed by atoms with Crippen molar-refractivity contribution in [1.29, 1.82) is 0 Å². The Bertz CT molecular complexity index is 734. The third-order valence-corrected chi connectivity index (χ3v) is 4.00. The zero-order valence-corrected chi connectivity index (χ0v) is 11.5. The van der Waals surface area contributed by atoms with Gasteiger partial charge in [0.05, 0.1) is 0 Å². The van der Waals surface area contributed by atoms with E-state index in [1.54, 1.807) is 23.5 Å². The molecule has 2 aromatic heterocycles. The average Bonchev–Trinajstić information content (AvgIpc) is 3.06. The van der Waals surface area contributed by atoms with E-state index in [4.69, 9.17) is 0 Å². The monoisotopic (exact) mass is 288 g/mol. The van der Waals surface area contributed by atoms with Crippen LogP contribution in [0.3, 0.4) is 0 Å². The fourth-order valence-electron chi connectivity index (χ4n) is 2.08. The maximum Gasteiger partial charge on any atom is 0.267 e. The number of carbonyl (C=O) groups excluding carboxylic acids is 1. The fourth-order valence-corrected chi connectivity index (χ4v) is 2.78. The van der Waals surface area contributed by atoms with Crippen molar-refractivity contribution in [2.75, 3.05) is 6.54 Å². The third-order valence-electron chi connectivity index (χ3n) is 3.06. The van der Waals surface area contributed by atoms with Gasteiger partial charge in [-0.1, -0.05) is 6.07 Å². The van der Waals surface area contributed by atoms with E-state index in [1.807, 2.05) is 17.5 Å². The maximum absolute atomic E-state index is 13.1. The van der Waals surface area contributed by atoms with Gasteiger partial charge >= 0.3 is 0 Å². The van der Waals surface area contributed by atoms with Gasteiger partial charge in [0.15, 0.2) is 0 Å². The summed E-state index contributed by atoms with van der Waals surface area (Å²) < 4.78 is 13.1. The summed E-state index contributed by atoms with van der Waals surface area (Å²) in [6.07, 6.45) is 0.818. The number of rotatable bonds is 4. The topological polar surface area (TPSA) is 44.9 Å². The molecule has 1 aromatic carbocycles. The Kier molecular flexibility index (Phi) is 3.52. The third kappa shape index (κ3) is 2.72. The minimum atomic E-state index is -0.304. The quantitative estimate of drug-likeness (QED) is 0.760. The van der Waals surface area contributed by atoms with Crippen LogP contribution in [0.5, 0.6) is 0 Å². The van der Waals surface area contributed by atoms with Gasteiger partial charge in [-0.25, -0.2) is 4.39 Å². The molecule has 2 N–H and O–H groups in total. The predicted octanol–water partition coefficient (Wildman–Crippen LogP) is 3.34. The largest absolute Gasteiger partial charge is 0.351 e. The number of fused-ring (bicyclic) bond motifs is 1. The molecule has 0 saturated carbocycles. The lowest BCUT2D eigenvalue weighted by atomic mass is 10.2. The molecule has 0 fully saturated rings. The van der Waals surface area contributed by atoms with E-state index in [0.717, 1.165) is 11.9 Å². The number of hydrogen-bond acceptors (Lipinski definition) is 2. The molecular weight excluding hydrogens is 275 g/mol. The van der Waals surface area contributed by atoms with Crippen molar-refractivity contribution in [1.82, 2.24) is 10.3 Å². The highest BCUT2D eigenvalue weighted by atomic mass is 32.1. The van der Waals surface area contributed by atoms with Crippen LogP contribution in [-0.4, -0.2) is 17.4 Å². The summed E-state index contributed by atoms with van der Waals surface area (Å²) in [4.78, 5) is 16.2. The van der Waals surface area contributed by atoms with Crippen LogP contribution in [-0.2, 0) is 6.42 Å². The first-order valence-electron chi connectivity index (χ1n) is 6.31. The van der Waals surface area contributed by atoms with Gasteiger partial charge in [-0.3, -0.25) is 4.79 Å². The number of aromatic amines is 1. The van der Waals surface area contributed by atoms with Gasteiger partial charge in [0.1, 0.15) is 11.5 Å². The van der Waals surface area contributed by atoms with Crippen molar-refractivity contribution in [3.63, 3.8) is 0 Å². The summed E-state index contributed by atoms with van der Waals surface area (Å²) in [7, 11) is 0. The van der Waals surface area contributed by atoms with Crippen molar-refractivity contribution in [2.45, 2.75) is 6.42 Å². The molecule has 0 spiro atoms. The Morgan fingerprint density at radius 1 is 1.30 bits per heavy atom. The van der Waals surface area contributed by atoms with Crippen LogP contribution in [0.1, 0.15) is 15.4 Å². The highest BCUT2D eigenvalue weighted by Gasteiger charge is 2.09. The smallest absolute Gasteiger partial charge is 0.267 e. The number of halogens is 1. The van der Waals surface area contributed by atoms with Crippen molar-refractivity contribution in [3.8, 4) is 0 Å². The number of carbonyl (C=O) groups is 1. The summed E-state index contributed by atoms with van der Waals surface area (Å²) in [6, 6.07) is 10.1. The molecule has 0 aliphatic heterocycles. The fraction of sp³-hybridized carbons (Fsp3) is 0.133. The van der Waals surface area contributed by atoms with Crippen LogP contribution in [0.4, 0.5) is 4.39 Å². The van der Waals surface area contributed by atoms with Gasteiger partial charge in [-0.05, 0) is 42.1 Å². The zero-order chi connectivity index (χ0) is 13.9. The van der Waals surface area contributed by atoms with Gasteiger partial charge in [-0.2, -0.15) is 0 Å². The molecule has 0 unspecified atom stereocenters. The van der Waals surface area contributed by atoms with Gasteiger partial charge in [-0.15, -0.1) is 11.3 Å². The molecule has 5 heteroatoms. The molecule has 3 nitrogen and oxygen atoms in total. The van der Waals surface area contributed by atoms with Crippen LogP contribution >= 0.6 is 11.3 Å². The van der Waals surface area contributed by atoms with E-state index < -0.39 is 0 Å². The molecule has 0 aliphatic rings. The Labute approximate surface area is 119 Å². The summed E-state index contributed by atoms with van der Waals surface area (Å²) in [5, 5.41) is 5.58. The summed E-state index contributed by atoms with van der Waals surface area (Å²) in [6.45, 7) is 0.586. The van der Waals surface area contributed by atoms with Gasteiger partial charge in [0, 0.05) is 22.3 Å². The van der Waals surface area contributed by atoms with E-state index in [-0.39, 0.29) is 11.7 Å². The summed E-state index contributed by atoms with van der Waals surface area (Å²) in [5.41, 5.74) is 1.21. The van der Waals surface area contributed by atoms with E-state index >= 15 is 0 Å². The van der Waals surface area contributed by atoms with Gasteiger partial charge in [0.2, 0.25) is 0 Å². The molecule has 3 rings (SSSR count). The highest BCUT2D eigenvalue weighted by Crippen LogP contribution is 2.16. The Morgan fingerprint density at radius 3 is 3.00 bits per heavy atom. The van der Waals surface area contributed by atoms with Crippen LogP contribution in [0.2, 0.25) is 0 Å². The van der Waals surface area contributed by atoms with Gasteiger partial charge in [0.25, 0.3) is 5.91 Å². The molecular formula is C15H13FN2OS. The molecule has 2 heterocycles. The number of aromatic nitrogens is 1. The molecule has 0 radical (unpaired) electrons. The first kappa shape index (κ1) is 12.9. The molecule has 1 amide bonds. The first-order valence-corrected chi connectivity index (χ1v) is 7.19. The van der Waals surface area contributed by atoms with E-state index in [9.17, 15) is 9.18 Å². The summed E-state index contributed by atoms with van der Waals surface area (Å²) >= 11 is 1.68. The number of thiophene rings is 1. The van der Waals surface area contributed by atoms with Crippen LogP contribution in [0.25, 0.3) is 10.9 Å². The lowest BCUT2D eigenvalue weighted by Crippen LogP contribution is -2.25. The van der Waals surface area contributed by atoms with Crippen LogP contribution in [0, 0.1) is 5.82 Å². The average molecular weight is 288 g/mol. The van der Waals surface area contributed by atoms with Crippen molar-refractivity contribution < 1.29 is 9.18 Å². The zero-order valence-electron chi connectivity index (χ0n) is 10.7. The number of hydrogen-bond donors (Lipinski definition) is 2. The second-order valence-corrected chi connectivity index (χ2v) is 5.53. The van der Waals surface area contributed by atoms with Crippen LogP contribution in [0.15, 0.2) is 41.8 Å². The van der Waals surface area contributed by atoms with E-state index in [2.05, 4.69) is 10.3 Å².